The Morgan fingerprint density at radius 2 is 1.90 bits per heavy atom. The molecule has 0 atom stereocenters. The number of piperidine rings is 1. The molecule has 30 heavy (non-hydrogen) atoms. The normalized spacial score (nSPS) is 15.4. The maximum Gasteiger partial charge on any atom is 0.166 e. The van der Waals surface area contributed by atoms with E-state index in [1.54, 1.807) is 0 Å². The summed E-state index contributed by atoms with van der Waals surface area (Å²) in [7, 11) is 1.83. The van der Waals surface area contributed by atoms with Gasteiger partial charge in [-0.15, -0.1) is 0 Å². The molecule has 0 amide bonds. The van der Waals surface area contributed by atoms with Crippen LogP contribution in [0.4, 0.5) is 4.39 Å². The van der Waals surface area contributed by atoms with Gasteiger partial charge in [-0.2, -0.15) is 0 Å². The van der Waals surface area contributed by atoms with Crippen LogP contribution in [0.2, 0.25) is 5.02 Å². The number of likely N-dealkylation sites (tertiary alicyclic amines) is 1. The summed E-state index contributed by atoms with van der Waals surface area (Å²) in [5.41, 5.74) is 3.36. The van der Waals surface area contributed by atoms with Gasteiger partial charge in [0.25, 0.3) is 0 Å². The highest BCUT2D eigenvalue weighted by Gasteiger charge is 2.24. The number of thiocarbonyl (C=S) groups is 1. The van der Waals surface area contributed by atoms with E-state index in [1.807, 2.05) is 31.3 Å². The monoisotopic (exact) mass is 444 g/mol. The largest absolute Gasteiger partial charge is 0.366 e. The van der Waals surface area contributed by atoms with Crippen LogP contribution in [0.1, 0.15) is 24.3 Å². The molecule has 0 aliphatic carbocycles. The van der Waals surface area contributed by atoms with Crippen molar-refractivity contribution in [3.05, 3.63) is 65.1 Å². The van der Waals surface area contributed by atoms with Gasteiger partial charge in [0.2, 0.25) is 0 Å². The smallest absolute Gasteiger partial charge is 0.166 e. The van der Waals surface area contributed by atoms with E-state index < -0.39 is 0 Å². The van der Waals surface area contributed by atoms with Crippen molar-refractivity contribution in [2.24, 2.45) is 0 Å². The fraction of sp³-hybridized carbons (Fsp3) is 0.348. The first-order chi connectivity index (χ1) is 14.5. The third-order valence-corrected chi connectivity index (χ3v) is 6.45. The van der Waals surface area contributed by atoms with Crippen LogP contribution in [-0.2, 0) is 0 Å². The number of nitrogens with one attached hydrogen (secondary N) is 2. The van der Waals surface area contributed by atoms with E-state index in [9.17, 15) is 4.39 Å². The highest BCUT2D eigenvalue weighted by molar-refractivity contribution is 7.80. The number of hydrogen-bond acceptors (Lipinski definition) is 2. The second-order valence-electron chi connectivity index (χ2n) is 7.71. The molecule has 1 aliphatic heterocycles. The van der Waals surface area contributed by atoms with Gasteiger partial charge in [-0.25, -0.2) is 4.39 Å². The van der Waals surface area contributed by atoms with Gasteiger partial charge in [0.05, 0.1) is 5.52 Å². The molecular formula is C23H26ClFN4S. The Hall–Kier alpha value is -2.15. The highest BCUT2D eigenvalue weighted by Crippen LogP contribution is 2.36. The van der Waals surface area contributed by atoms with E-state index in [2.05, 4.69) is 32.4 Å². The molecule has 2 aromatic carbocycles. The van der Waals surface area contributed by atoms with E-state index in [-0.39, 0.29) is 5.82 Å². The molecule has 4 rings (SSSR count). The van der Waals surface area contributed by atoms with Crippen LogP contribution in [0.5, 0.6) is 0 Å². The predicted molar refractivity (Wildman–Crippen MR) is 126 cm³/mol. The molecule has 1 fully saturated rings. The van der Waals surface area contributed by atoms with Crippen molar-refractivity contribution in [1.82, 2.24) is 20.1 Å². The molecular weight excluding hydrogens is 419 g/mol. The summed E-state index contributed by atoms with van der Waals surface area (Å²) < 4.78 is 15.5. The summed E-state index contributed by atoms with van der Waals surface area (Å²) in [5.74, 6) is 0.267. The number of hydrogen-bond donors (Lipinski definition) is 2. The van der Waals surface area contributed by atoms with E-state index in [0.29, 0.717) is 16.1 Å². The zero-order chi connectivity index (χ0) is 21.1. The van der Waals surface area contributed by atoms with E-state index >= 15 is 0 Å². The summed E-state index contributed by atoms with van der Waals surface area (Å²) >= 11 is 11.4. The first kappa shape index (κ1) is 21.1. The van der Waals surface area contributed by atoms with Crippen LogP contribution < -0.4 is 10.6 Å². The molecule has 1 saturated heterocycles. The molecule has 2 heterocycles. The van der Waals surface area contributed by atoms with E-state index in [1.165, 1.54) is 23.1 Å². The summed E-state index contributed by atoms with van der Waals surface area (Å²) in [5, 5.41) is 8.78. The van der Waals surface area contributed by atoms with Gasteiger partial charge in [0.1, 0.15) is 5.82 Å². The van der Waals surface area contributed by atoms with Gasteiger partial charge >= 0.3 is 0 Å². The Labute approximate surface area is 187 Å². The average Bonchev–Trinajstić information content (AvgIpc) is 3.13. The minimum Gasteiger partial charge on any atom is -0.366 e. The Kier molecular flexibility index (Phi) is 6.56. The van der Waals surface area contributed by atoms with Gasteiger partial charge in [0, 0.05) is 42.4 Å². The average molecular weight is 445 g/mol. The Morgan fingerprint density at radius 3 is 2.60 bits per heavy atom. The number of nitrogens with zero attached hydrogens (tertiary/aromatic N) is 2. The molecule has 0 spiro atoms. The van der Waals surface area contributed by atoms with Gasteiger partial charge in [-0.3, -0.25) is 0 Å². The molecule has 2 N–H and O–H groups in total. The molecule has 1 aromatic heterocycles. The van der Waals surface area contributed by atoms with Crippen molar-refractivity contribution in [2.75, 3.05) is 33.2 Å². The highest BCUT2D eigenvalue weighted by atomic mass is 35.5. The lowest BCUT2D eigenvalue weighted by Gasteiger charge is -2.32. The second kappa shape index (κ2) is 9.33. The van der Waals surface area contributed by atoms with Crippen LogP contribution in [0.3, 0.4) is 0 Å². The molecule has 3 aromatic rings. The molecule has 158 valence electrons. The Balaban J connectivity index is 1.52. The number of aromatic nitrogens is 1. The minimum absolute atomic E-state index is 0.231. The van der Waals surface area contributed by atoms with Crippen molar-refractivity contribution in [1.29, 1.82) is 0 Å². The predicted octanol–water partition coefficient (Wildman–Crippen LogP) is 4.70. The van der Waals surface area contributed by atoms with Crippen molar-refractivity contribution < 1.29 is 4.39 Å². The quantitative estimate of drug-likeness (QED) is 0.559. The van der Waals surface area contributed by atoms with Gasteiger partial charge in [0.15, 0.2) is 5.11 Å². The third-order valence-electron chi connectivity index (χ3n) is 5.87. The molecule has 7 heteroatoms. The van der Waals surface area contributed by atoms with Crippen LogP contribution >= 0.6 is 23.8 Å². The lowest BCUT2D eigenvalue weighted by atomic mass is 9.89. The summed E-state index contributed by atoms with van der Waals surface area (Å²) in [6.07, 6.45) is 4.44. The topological polar surface area (TPSA) is 32.2 Å². The molecule has 4 nitrogen and oxygen atoms in total. The summed E-state index contributed by atoms with van der Waals surface area (Å²) in [6.45, 7) is 3.97. The standard InChI is InChI=1S/C23H26ClFN4S/c1-26-23(30)27-10-13-28-11-8-16(9-12-28)21-15-29(19-5-3-18(25)4-6-19)22-14-17(24)2-7-20(21)22/h2-7,14-16H,8-13H2,1H3,(H2,26,27,30). The maximum atomic E-state index is 13.4. The molecule has 1 aliphatic rings. The Bertz CT molecular complexity index is 1030. The zero-order valence-electron chi connectivity index (χ0n) is 17.0. The van der Waals surface area contributed by atoms with E-state index in [4.69, 9.17) is 23.8 Å². The first-order valence-corrected chi connectivity index (χ1v) is 11.1. The second-order valence-corrected chi connectivity index (χ2v) is 8.56. The van der Waals surface area contributed by atoms with E-state index in [0.717, 1.165) is 50.2 Å². The number of rotatable bonds is 5. The summed E-state index contributed by atoms with van der Waals surface area (Å²) in [4.78, 5) is 2.48. The lowest BCUT2D eigenvalue weighted by Crippen LogP contribution is -2.41. The molecule has 0 radical (unpaired) electrons. The van der Waals surface area contributed by atoms with Crippen molar-refractivity contribution in [3.63, 3.8) is 0 Å². The van der Waals surface area contributed by atoms with Crippen molar-refractivity contribution in [2.45, 2.75) is 18.8 Å². The molecule has 0 saturated carbocycles. The number of fused-ring (bicyclic) bond motifs is 1. The van der Waals surface area contributed by atoms with Gasteiger partial charge in [-0.05, 0) is 86.0 Å². The minimum atomic E-state index is -0.231. The van der Waals surface area contributed by atoms with Gasteiger partial charge in [-0.1, -0.05) is 17.7 Å². The van der Waals surface area contributed by atoms with Gasteiger partial charge < -0.3 is 20.1 Å². The van der Waals surface area contributed by atoms with Crippen LogP contribution in [0.15, 0.2) is 48.7 Å². The number of halogens is 2. The third kappa shape index (κ3) is 4.61. The van der Waals surface area contributed by atoms with Crippen LogP contribution in [-0.4, -0.2) is 47.8 Å². The fourth-order valence-electron chi connectivity index (χ4n) is 4.25. The SMILES string of the molecule is CNC(=S)NCCN1CCC(c2cn(-c3ccc(F)cc3)c3cc(Cl)ccc23)CC1. The maximum absolute atomic E-state index is 13.4. The first-order valence-electron chi connectivity index (χ1n) is 10.3. The Morgan fingerprint density at radius 1 is 1.17 bits per heavy atom. The molecule has 0 unspecified atom stereocenters. The van der Waals surface area contributed by atoms with Crippen LogP contribution in [0.25, 0.3) is 16.6 Å². The van der Waals surface area contributed by atoms with Crippen LogP contribution in [0, 0.1) is 5.82 Å². The van der Waals surface area contributed by atoms with Crippen molar-refractivity contribution in [3.8, 4) is 5.69 Å². The lowest BCUT2D eigenvalue weighted by molar-refractivity contribution is 0.216. The molecule has 0 bridgehead atoms. The van der Waals surface area contributed by atoms with Crippen molar-refractivity contribution >= 4 is 39.8 Å². The zero-order valence-corrected chi connectivity index (χ0v) is 18.6. The summed E-state index contributed by atoms with van der Waals surface area (Å²) in [6, 6.07) is 12.7. The fourth-order valence-corrected chi connectivity index (χ4v) is 4.52. The number of benzene rings is 2.